The van der Waals surface area contributed by atoms with Crippen LogP contribution in [0.1, 0.15) is 19.4 Å². The molecule has 1 heterocycles. The number of rotatable bonds is 2. The molecule has 2 rings (SSSR count). The van der Waals surface area contributed by atoms with Crippen LogP contribution in [0.5, 0.6) is 0 Å². The predicted molar refractivity (Wildman–Crippen MR) is 79.6 cm³/mol. The van der Waals surface area contributed by atoms with Gasteiger partial charge < -0.3 is 5.73 Å². The van der Waals surface area contributed by atoms with Crippen molar-refractivity contribution in [3.63, 3.8) is 0 Å². The normalized spacial score (nSPS) is 20.8. The first-order valence-electron chi connectivity index (χ1n) is 5.95. The van der Waals surface area contributed by atoms with E-state index in [0.717, 1.165) is 0 Å². The standard InChI is InChI=1S/C12H18FN3O2S.ClH/c1-12(2)8-16(19(17,18)15(12)3)11-6-10(13)5-4-9(11)7-14;/h4-6H,7-8,14H2,1-3H3;1H. The van der Waals surface area contributed by atoms with E-state index in [4.69, 9.17) is 5.73 Å². The van der Waals surface area contributed by atoms with Crippen molar-refractivity contribution in [3.8, 4) is 0 Å². The maximum Gasteiger partial charge on any atom is 0.304 e. The van der Waals surface area contributed by atoms with Crippen LogP contribution in [0.3, 0.4) is 0 Å². The van der Waals surface area contributed by atoms with E-state index < -0.39 is 21.6 Å². The Kier molecular flexibility index (Phi) is 4.70. The number of anilines is 1. The van der Waals surface area contributed by atoms with Crippen molar-refractivity contribution in [1.82, 2.24) is 4.31 Å². The molecular weight excluding hydrogens is 305 g/mol. The number of halogens is 2. The summed E-state index contributed by atoms with van der Waals surface area (Å²) in [5, 5.41) is 0. The SMILES string of the molecule is CN1C(C)(C)CN(c2cc(F)ccc2CN)S1(=O)=O.Cl. The second-order valence-electron chi connectivity index (χ2n) is 5.27. The molecule has 1 fully saturated rings. The molecule has 0 atom stereocenters. The topological polar surface area (TPSA) is 66.6 Å². The van der Waals surface area contributed by atoms with Crippen molar-refractivity contribution >= 4 is 28.3 Å². The molecule has 1 saturated heterocycles. The summed E-state index contributed by atoms with van der Waals surface area (Å²) in [5.74, 6) is -0.477. The third-order valence-electron chi connectivity index (χ3n) is 3.54. The molecule has 20 heavy (non-hydrogen) atoms. The van der Waals surface area contributed by atoms with Crippen molar-refractivity contribution in [2.45, 2.75) is 25.9 Å². The van der Waals surface area contributed by atoms with Gasteiger partial charge in [0.25, 0.3) is 0 Å². The summed E-state index contributed by atoms with van der Waals surface area (Å²) >= 11 is 0. The van der Waals surface area contributed by atoms with E-state index in [1.807, 2.05) is 13.8 Å². The number of hydrogen-bond acceptors (Lipinski definition) is 3. The van der Waals surface area contributed by atoms with Crippen LogP contribution in [0.2, 0.25) is 0 Å². The minimum atomic E-state index is -3.63. The minimum Gasteiger partial charge on any atom is -0.326 e. The zero-order valence-corrected chi connectivity index (χ0v) is 13.3. The van der Waals surface area contributed by atoms with Gasteiger partial charge in [-0.3, -0.25) is 4.31 Å². The molecule has 0 amide bonds. The molecule has 114 valence electrons. The Hall–Kier alpha value is -0.890. The average Bonchev–Trinajstić information content (AvgIpc) is 2.49. The second-order valence-corrected chi connectivity index (χ2v) is 7.16. The van der Waals surface area contributed by atoms with Crippen molar-refractivity contribution in [1.29, 1.82) is 0 Å². The molecule has 2 N–H and O–H groups in total. The molecule has 0 aliphatic carbocycles. The van der Waals surface area contributed by atoms with Gasteiger partial charge in [-0.25, -0.2) is 4.39 Å². The molecule has 1 aromatic carbocycles. The summed E-state index contributed by atoms with van der Waals surface area (Å²) in [6.07, 6.45) is 0. The van der Waals surface area contributed by atoms with Crippen LogP contribution in [0.4, 0.5) is 10.1 Å². The van der Waals surface area contributed by atoms with Crippen LogP contribution in [0.25, 0.3) is 0 Å². The highest BCUT2D eigenvalue weighted by molar-refractivity contribution is 7.90. The van der Waals surface area contributed by atoms with Crippen LogP contribution in [0, 0.1) is 5.82 Å². The fourth-order valence-electron chi connectivity index (χ4n) is 2.14. The van der Waals surface area contributed by atoms with E-state index in [9.17, 15) is 12.8 Å². The maximum atomic E-state index is 13.4. The van der Waals surface area contributed by atoms with Crippen LogP contribution in [0.15, 0.2) is 18.2 Å². The van der Waals surface area contributed by atoms with Gasteiger partial charge in [0.15, 0.2) is 0 Å². The van der Waals surface area contributed by atoms with Gasteiger partial charge >= 0.3 is 10.2 Å². The van der Waals surface area contributed by atoms with Crippen molar-refractivity contribution < 1.29 is 12.8 Å². The maximum absolute atomic E-state index is 13.4. The lowest BCUT2D eigenvalue weighted by Gasteiger charge is -2.22. The third kappa shape index (κ3) is 2.63. The second kappa shape index (κ2) is 5.48. The zero-order chi connectivity index (χ0) is 14.4. The molecule has 0 bridgehead atoms. The molecule has 1 aliphatic heterocycles. The molecule has 0 unspecified atom stereocenters. The summed E-state index contributed by atoms with van der Waals surface area (Å²) < 4.78 is 40.7. The summed E-state index contributed by atoms with van der Waals surface area (Å²) in [6, 6.07) is 4.02. The molecule has 1 aliphatic rings. The zero-order valence-electron chi connectivity index (χ0n) is 11.6. The molecule has 0 radical (unpaired) electrons. The van der Waals surface area contributed by atoms with Gasteiger partial charge in [-0.15, -0.1) is 12.4 Å². The Morgan fingerprint density at radius 2 is 2.00 bits per heavy atom. The first-order chi connectivity index (χ1) is 8.70. The highest BCUT2D eigenvalue weighted by Gasteiger charge is 2.47. The van der Waals surface area contributed by atoms with Crippen LogP contribution in [-0.2, 0) is 16.8 Å². The van der Waals surface area contributed by atoms with E-state index in [2.05, 4.69) is 0 Å². The number of nitrogens with two attached hydrogens (primary N) is 1. The van der Waals surface area contributed by atoms with E-state index in [-0.39, 0.29) is 25.5 Å². The lowest BCUT2D eigenvalue weighted by Crippen LogP contribution is -2.38. The van der Waals surface area contributed by atoms with Gasteiger partial charge in [0.1, 0.15) is 5.82 Å². The van der Waals surface area contributed by atoms with E-state index >= 15 is 0 Å². The molecule has 0 saturated carbocycles. The Labute approximate surface area is 125 Å². The van der Waals surface area contributed by atoms with E-state index in [1.165, 1.54) is 33.9 Å². The third-order valence-corrected chi connectivity index (χ3v) is 5.61. The van der Waals surface area contributed by atoms with Crippen molar-refractivity contribution in [2.75, 3.05) is 17.9 Å². The number of hydrogen-bond donors (Lipinski definition) is 1. The lowest BCUT2D eigenvalue weighted by molar-refractivity contribution is 0.307. The van der Waals surface area contributed by atoms with E-state index in [1.54, 1.807) is 0 Å². The van der Waals surface area contributed by atoms with Gasteiger partial charge in [0.2, 0.25) is 0 Å². The highest BCUT2D eigenvalue weighted by atomic mass is 35.5. The Bertz CT molecular complexity index is 607. The highest BCUT2D eigenvalue weighted by Crippen LogP contribution is 2.35. The summed E-state index contributed by atoms with van der Waals surface area (Å²) in [7, 11) is -2.11. The first-order valence-corrected chi connectivity index (χ1v) is 7.35. The molecule has 0 spiro atoms. The number of likely N-dealkylation sites (N-methyl/N-ethyl adjacent to an activating group) is 1. The Balaban J connectivity index is 0.00000200. The smallest absolute Gasteiger partial charge is 0.304 e. The fourth-order valence-corrected chi connectivity index (χ4v) is 4.02. The molecule has 5 nitrogen and oxygen atoms in total. The molecule has 0 aromatic heterocycles. The van der Waals surface area contributed by atoms with Crippen LogP contribution < -0.4 is 10.0 Å². The Morgan fingerprint density at radius 3 is 2.45 bits per heavy atom. The molecule has 1 aromatic rings. The fraction of sp³-hybridized carbons (Fsp3) is 0.500. The predicted octanol–water partition coefficient (Wildman–Crippen LogP) is 1.48. The van der Waals surface area contributed by atoms with Crippen molar-refractivity contribution in [3.05, 3.63) is 29.6 Å². The lowest BCUT2D eigenvalue weighted by atomic mass is 10.1. The van der Waals surface area contributed by atoms with Crippen LogP contribution >= 0.6 is 12.4 Å². The van der Waals surface area contributed by atoms with Crippen LogP contribution in [-0.4, -0.2) is 31.9 Å². The van der Waals surface area contributed by atoms with Gasteiger partial charge in [-0.05, 0) is 31.5 Å². The Morgan fingerprint density at radius 1 is 1.40 bits per heavy atom. The largest absolute Gasteiger partial charge is 0.326 e. The quantitative estimate of drug-likeness (QED) is 0.896. The molecule has 8 heteroatoms. The summed E-state index contributed by atoms with van der Waals surface area (Å²) in [5.41, 5.74) is 5.98. The van der Waals surface area contributed by atoms with Gasteiger partial charge in [-0.2, -0.15) is 12.7 Å². The minimum absolute atomic E-state index is 0. The average molecular weight is 324 g/mol. The first kappa shape index (κ1) is 17.2. The van der Waals surface area contributed by atoms with E-state index in [0.29, 0.717) is 11.3 Å². The van der Waals surface area contributed by atoms with Crippen molar-refractivity contribution in [2.24, 2.45) is 5.73 Å². The van der Waals surface area contributed by atoms with Gasteiger partial charge in [-0.1, -0.05) is 6.07 Å². The van der Waals surface area contributed by atoms with Gasteiger partial charge in [0, 0.05) is 13.6 Å². The number of nitrogens with zero attached hydrogens (tertiary/aromatic N) is 2. The summed E-state index contributed by atoms with van der Waals surface area (Å²) in [6.45, 7) is 4.08. The summed E-state index contributed by atoms with van der Waals surface area (Å²) in [4.78, 5) is 0. The monoisotopic (exact) mass is 323 g/mol. The van der Waals surface area contributed by atoms with Gasteiger partial charge in [0.05, 0.1) is 17.8 Å². The molecular formula is C12H19ClFN3O2S. The number of benzene rings is 1.